The topological polar surface area (TPSA) is 84.9 Å². The number of nitrogens with zero attached hydrogens (tertiary/aromatic N) is 2. The zero-order chi connectivity index (χ0) is 12.2. The van der Waals surface area contributed by atoms with Crippen molar-refractivity contribution in [1.82, 2.24) is 9.97 Å². The Labute approximate surface area is 89.0 Å². The summed E-state index contributed by atoms with van der Waals surface area (Å²) >= 11 is 0. The Hall–Kier alpha value is -1.86. The van der Waals surface area contributed by atoms with E-state index in [1.54, 1.807) is 0 Å². The summed E-state index contributed by atoms with van der Waals surface area (Å²) in [6.07, 6.45) is -4.11. The van der Waals surface area contributed by atoms with Crippen LogP contribution in [0.5, 0.6) is 6.01 Å². The highest BCUT2D eigenvalue weighted by atomic mass is 19.4. The third-order valence-electron chi connectivity index (χ3n) is 1.53. The Morgan fingerprint density at radius 1 is 1.50 bits per heavy atom. The van der Waals surface area contributed by atoms with Gasteiger partial charge in [0, 0.05) is 6.20 Å². The molecule has 0 aromatic carbocycles. The molecule has 0 unspecified atom stereocenters. The fourth-order valence-corrected chi connectivity index (χ4v) is 0.818. The van der Waals surface area contributed by atoms with Gasteiger partial charge in [0.05, 0.1) is 6.42 Å². The fraction of sp³-hybridized carbons (Fsp3) is 0.375. The van der Waals surface area contributed by atoms with E-state index in [4.69, 9.17) is 11.1 Å². The first-order valence-corrected chi connectivity index (χ1v) is 4.25. The number of rotatable bonds is 4. The Bertz CT molecular complexity index is 380. The first kappa shape index (κ1) is 12.2. The summed E-state index contributed by atoms with van der Waals surface area (Å²) in [5.41, 5.74) is 5.25. The first-order chi connectivity index (χ1) is 7.38. The van der Waals surface area contributed by atoms with Crippen LogP contribution in [0.3, 0.4) is 0 Å². The molecule has 3 N–H and O–H groups in total. The zero-order valence-electron chi connectivity index (χ0n) is 8.08. The molecular formula is C8H9F3N4O. The predicted molar refractivity (Wildman–Crippen MR) is 49.2 cm³/mol. The molecule has 0 saturated heterocycles. The second-order valence-corrected chi connectivity index (χ2v) is 2.85. The number of hydrogen-bond acceptors (Lipinski definition) is 4. The molecule has 88 valence electrons. The van der Waals surface area contributed by atoms with Crippen molar-refractivity contribution in [3.8, 4) is 6.01 Å². The van der Waals surface area contributed by atoms with Crippen molar-refractivity contribution < 1.29 is 17.9 Å². The van der Waals surface area contributed by atoms with Gasteiger partial charge in [0.15, 0.2) is 0 Å². The van der Waals surface area contributed by atoms with Gasteiger partial charge in [-0.25, -0.2) is 4.98 Å². The van der Waals surface area contributed by atoms with E-state index in [1.807, 2.05) is 0 Å². The van der Waals surface area contributed by atoms with E-state index >= 15 is 0 Å². The van der Waals surface area contributed by atoms with Crippen LogP contribution in [-0.2, 0) is 0 Å². The summed E-state index contributed by atoms with van der Waals surface area (Å²) in [5, 5.41) is 7.06. The van der Waals surface area contributed by atoms with E-state index in [1.165, 1.54) is 12.3 Å². The van der Waals surface area contributed by atoms with Gasteiger partial charge in [-0.3, -0.25) is 5.41 Å². The molecule has 5 nitrogen and oxygen atoms in total. The maximum atomic E-state index is 11.8. The highest BCUT2D eigenvalue weighted by molar-refractivity contribution is 5.92. The number of aromatic nitrogens is 2. The molecule has 1 rings (SSSR count). The summed E-state index contributed by atoms with van der Waals surface area (Å²) < 4.78 is 40.1. The number of amidine groups is 1. The highest BCUT2D eigenvalue weighted by Gasteiger charge is 2.27. The number of halogens is 3. The van der Waals surface area contributed by atoms with Crippen molar-refractivity contribution >= 4 is 5.84 Å². The summed E-state index contributed by atoms with van der Waals surface area (Å²) in [6, 6.07) is 1.14. The molecule has 1 heterocycles. The molecule has 1 aromatic heterocycles. The molecule has 1 aromatic rings. The van der Waals surface area contributed by atoms with Gasteiger partial charge in [0.2, 0.25) is 0 Å². The van der Waals surface area contributed by atoms with Gasteiger partial charge in [0.1, 0.15) is 18.1 Å². The second-order valence-electron chi connectivity index (χ2n) is 2.85. The largest absolute Gasteiger partial charge is 0.463 e. The molecule has 0 spiro atoms. The lowest BCUT2D eigenvalue weighted by Gasteiger charge is -2.07. The standard InChI is InChI=1S/C8H9F3N4O/c9-8(10,11)2-4-16-7-14-3-1-5(15-7)6(12)13/h1,3H,2,4H2,(H3,12,13). The Balaban J connectivity index is 2.55. The Morgan fingerprint density at radius 2 is 2.19 bits per heavy atom. The average molecular weight is 234 g/mol. The molecule has 0 bridgehead atoms. The van der Waals surface area contributed by atoms with Crippen LogP contribution >= 0.6 is 0 Å². The van der Waals surface area contributed by atoms with Gasteiger partial charge in [-0.1, -0.05) is 0 Å². The normalized spacial score (nSPS) is 11.2. The number of alkyl halides is 3. The second kappa shape index (κ2) is 4.77. The van der Waals surface area contributed by atoms with Crippen LogP contribution in [0, 0.1) is 5.41 Å². The SMILES string of the molecule is N=C(N)c1ccnc(OCCC(F)(F)F)n1. The van der Waals surface area contributed by atoms with Crippen LogP contribution in [0.4, 0.5) is 13.2 Å². The van der Waals surface area contributed by atoms with E-state index in [2.05, 4.69) is 14.7 Å². The lowest BCUT2D eigenvalue weighted by Crippen LogP contribution is -2.16. The average Bonchev–Trinajstić information content (AvgIpc) is 2.16. The molecule has 0 radical (unpaired) electrons. The van der Waals surface area contributed by atoms with Crippen molar-refractivity contribution in [2.45, 2.75) is 12.6 Å². The lowest BCUT2D eigenvalue weighted by molar-refractivity contribution is -0.139. The minimum atomic E-state index is -4.28. The number of nitrogen functional groups attached to an aromatic ring is 1. The minimum absolute atomic E-state index is 0.108. The van der Waals surface area contributed by atoms with Crippen LogP contribution in [0.1, 0.15) is 12.1 Å². The molecule has 0 aliphatic carbocycles. The van der Waals surface area contributed by atoms with E-state index in [0.717, 1.165) is 0 Å². The maximum Gasteiger partial charge on any atom is 0.392 e. The van der Waals surface area contributed by atoms with Crippen molar-refractivity contribution in [3.63, 3.8) is 0 Å². The predicted octanol–water partition coefficient (Wildman–Crippen LogP) is 1.09. The molecule has 0 saturated carbocycles. The van der Waals surface area contributed by atoms with Gasteiger partial charge in [-0.15, -0.1) is 0 Å². The third kappa shape index (κ3) is 4.11. The summed E-state index contributed by atoms with van der Waals surface area (Å²) in [7, 11) is 0. The van der Waals surface area contributed by atoms with E-state index in [9.17, 15) is 13.2 Å². The van der Waals surface area contributed by atoms with Crippen molar-refractivity contribution in [3.05, 3.63) is 18.0 Å². The van der Waals surface area contributed by atoms with Crippen LogP contribution < -0.4 is 10.5 Å². The number of ether oxygens (including phenoxy) is 1. The molecule has 0 amide bonds. The van der Waals surface area contributed by atoms with Crippen LogP contribution in [0.15, 0.2) is 12.3 Å². The minimum Gasteiger partial charge on any atom is -0.463 e. The van der Waals surface area contributed by atoms with Crippen molar-refractivity contribution in [2.75, 3.05) is 6.61 Å². The monoisotopic (exact) mass is 234 g/mol. The van der Waals surface area contributed by atoms with Gasteiger partial charge in [0.25, 0.3) is 0 Å². The third-order valence-corrected chi connectivity index (χ3v) is 1.53. The van der Waals surface area contributed by atoms with Crippen molar-refractivity contribution in [2.24, 2.45) is 5.73 Å². The highest BCUT2D eigenvalue weighted by Crippen LogP contribution is 2.19. The molecule has 0 aliphatic heterocycles. The van der Waals surface area contributed by atoms with Crippen LogP contribution in [-0.4, -0.2) is 28.6 Å². The molecular weight excluding hydrogens is 225 g/mol. The van der Waals surface area contributed by atoms with Crippen LogP contribution in [0.2, 0.25) is 0 Å². The van der Waals surface area contributed by atoms with Crippen molar-refractivity contribution in [1.29, 1.82) is 5.41 Å². The smallest absolute Gasteiger partial charge is 0.392 e. The Morgan fingerprint density at radius 3 is 2.75 bits per heavy atom. The lowest BCUT2D eigenvalue weighted by atomic mass is 10.4. The fourth-order valence-electron chi connectivity index (χ4n) is 0.818. The van der Waals surface area contributed by atoms with Gasteiger partial charge < -0.3 is 10.5 Å². The van der Waals surface area contributed by atoms with E-state index in [0.29, 0.717) is 0 Å². The molecule has 0 fully saturated rings. The first-order valence-electron chi connectivity index (χ1n) is 4.25. The number of hydrogen-bond donors (Lipinski definition) is 2. The zero-order valence-corrected chi connectivity index (χ0v) is 8.08. The summed E-state index contributed by atoms with van der Waals surface area (Å²) in [5.74, 6) is -0.303. The van der Waals surface area contributed by atoms with E-state index in [-0.39, 0.29) is 17.5 Å². The van der Waals surface area contributed by atoms with Gasteiger partial charge in [-0.05, 0) is 6.07 Å². The summed E-state index contributed by atoms with van der Waals surface area (Å²) in [4.78, 5) is 7.23. The number of nitrogens with one attached hydrogen (secondary N) is 1. The van der Waals surface area contributed by atoms with E-state index < -0.39 is 19.2 Å². The maximum absolute atomic E-state index is 11.8. The quantitative estimate of drug-likeness (QED) is 0.603. The molecule has 8 heteroatoms. The molecule has 0 atom stereocenters. The van der Waals surface area contributed by atoms with Gasteiger partial charge >= 0.3 is 12.2 Å². The summed E-state index contributed by atoms with van der Waals surface area (Å²) in [6.45, 7) is -0.565. The number of nitrogens with two attached hydrogens (primary N) is 1. The molecule has 0 aliphatic rings. The Kier molecular flexibility index (Phi) is 3.64. The van der Waals surface area contributed by atoms with Gasteiger partial charge in [-0.2, -0.15) is 18.2 Å². The molecule has 16 heavy (non-hydrogen) atoms. The van der Waals surface area contributed by atoms with Crippen LogP contribution in [0.25, 0.3) is 0 Å².